The average molecular weight is 259 g/mol. The molecule has 1 aromatic rings. The van der Waals surface area contributed by atoms with Gasteiger partial charge in [0, 0.05) is 9.68 Å². The summed E-state index contributed by atoms with van der Waals surface area (Å²) in [5, 5.41) is 0. The van der Waals surface area contributed by atoms with Gasteiger partial charge in [0.15, 0.2) is 5.78 Å². The lowest BCUT2D eigenvalue weighted by Gasteiger charge is -2.12. The molecule has 0 amide bonds. The lowest BCUT2D eigenvalue weighted by atomic mass is 10.0. The van der Waals surface area contributed by atoms with Crippen LogP contribution < -0.4 is 0 Å². The Morgan fingerprint density at radius 2 is 1.41 bits per heavy atom. The van der Waals surface area contributed by atoms with E-state index in [1.807, 2.05) is 0 Å². The molecular weight excluding hydrogens is 250 g/mol. The van der Waals surface area contributed by atoms with E-state index < -0.39 is 41.7 Å². The fourth-order valence-electron chi connectivity index (χ4n) is 1.09. The number of alkyl halides is 6. The lowest BCUT2D eigenvalue weighted by molar-refractivity contribution is -0.143. The van der Waals surface area contributed by atoms with Crippen LogP contribution in [0.15, 0.2) is 18.2 Å². The molecule has 7 heteroatoms. The SMILES string of the molecule is [2H]C([2H])([2H])C(=O)c1cc(C(F)(F)F)cc(C(F)(F)F)c1. The Kier molecular flexibility index (Phi) is 2.26. The van der Waals surface area contributed by atoms with Crippen LogP contribution in [0.1, 0.15) is 32.4 Å². The Morgan fingerprint density at radius 3 is 1.71 bits per heavy atom. The number of carbonyl (C=O) groups excluding carboxylic acids is 1. The van der Waals surface area contributed by atoms with E-state index in [4.69, 9.17) is 4.11 Å². The number of carbonyl (C=O) groups is 1. The summed E-state index contributed by atoms with van der Waals surface area (Å²) >= 11 is 0. The molecule has 1 rings (SSSR count). The van der Waals surface area contributed by atoms with E-state index in [0.29, 0.717) is 0 Å². The van der Waals surface area contributed by atoms with E-state index in [2.05, 4.69) is 0 Å². The highest BCUT2D eigenvalue weighted by molar-refractivity contribution is 5.94. The lowest BCUT2D eigenvalue weighted by Crippen LogP contribution is -2.12. The van der Waals surface area contributed by atoms with Gasteiger partial charge in [-0.3, -0.25) is 4.79 Å². The van der Waals surface area contributed by atoms with Gasteiger partial charge in [0.1, 0.15) is 0 Å². The summed E-state index contributed by atoms with van der Waals surface area (Å²) in [6, 6.07) is -0.00974. The van der Waals surface area contributed by atoms with Crippen molar-refractivity contribution in [2.75, 3.05) is 0 Å². The van der Waals surface area contributed by atoms with Crippen LogP contribution in [0.3, 0.4) is 0 Å². The minimum Gasteiger partial charge on any atom is -0.295 e. The largest absolute Gasteiger partial charge is 0.416 e. The first kappa shape index (κ1) is 9.49. The van der Waals surface area contributed by atoms with Crippen molar-refractivity contribution in [1.29, 1.82) is 0 Å². The van der Waals surface area contributed by atoms with Crippen LogP contribution >= 0.6 is 0 Å². The Labute approximate surface area is 96.3 Å². The molecule has 0 saturated heterocycles. The molecule has 0 bridgehead atoms. The van der Waals surface area contributed by atoms with E-state index in [1.54, 1.807) is 0 Å². The van der Waals surface area contributed by atoms with Gasteiger partial charge in [-0.25, -0.2) is 0 Å². The summed E-state index contributed by atoms with van der Waals surface area (Å²) in [7, 11) is 0. The van der Waals surface area contributed by atoms with Crippen molar-refractivity contribution >= 4 is 5.78 Å². The van der Waals surface area contributed by atoms with Crippen molar-refractivity contribution in [3.63, 3.8) is 0 Å². The third-order valence-corrected chi connectivity index (χ3v) is 1.85. The van der Waals surface area contributed by atoms with E-state index in [1.165, 1.54) is 0 Å². The van der Waals surface area contributed by atoms with E-state index in [9.17, 15) is 31.1 Å². The molecular formula is C10H6F6O. The zero-order chi connectivity index (χ0) is 15.9. The van der Waals surface area contributed by atoms with E-state index in [-0.39, 0.29) is 18.2 Å². The van der Waals surface area contributed by atoms with Crippen molar-refractivity contribution in [3.8, 4) is 0 Å². The van der Waals surface area contributed by atoms with Gasteiger partial charge in [0.25, 0.3) is 0 Å². The third kappa shape index (κ3) is 3.21. The van der Waals surface area contributed by atoms with Gasteiger partial charge in [-0.1, -0.05) is 0 Å². The molecule has 1 nitrogen and oxygen atoms in total. The highest BCUT2D eigenvalue weighted by atomic mass is 19.4. The molecule has 0 radical (unpaired) electrons. The molecule has 0 heterocycles. The molecule has 0 N–H and O–H groups in total. The third-order valence-electron chi connectivity index (χ3n) is 1.85. The number of rotatable bonds is 1. The second kappa shape index (κ2) is 4.05. The molecule has 0 atom stereocenters. The minimum atomic E-state index is -5.13. The summed E-state index contributed by atoms with van der Waals surface area (Å²) in [6.45, 7) is -3.33. The Bertz CT molecular complexity index is 497. The van der Waals surface area contributed by atoms with Gasteiger partial charge in [-0.2, -0.15) is 26.3 Å². The Hall–Kier alpha value is -1.53. The first-order chi connectivity index (χ1) is 8.73. The van der Waals surface area contributed by atoms with Crippen LogP contribution in [0.4, 0.5) is 26.3 Å². The molecule has 0 aliphatic heterocycles. The number of halogens is 6. The number of benzene rings is 1. The molecule has 0 saturated carbocycles. The van der Waals surface area contributed by atoms with Crippen LogP contribution in [0.25, 0.3) is 0 Å². The monoisotopic (exact) mass is 259 g/mol. The zero-order valence-electron chi connectivity index (χ0n) is 10.9. The van der Waals surface area contributed by atoms with Gasteiger partial charge < -0.3 is 0 Å². The smallest absolute Gasteiger partial charge is 0.295 e. The van der Waals surface area contributed by atoms with E-state index >= 15 is 0 Å². The van der Waals surface area contributed by atoms with Crippen molar-refractivity contribution in [1.82, 2.24) is 0 Å². The molecule has 1 aromatic carbocycles. The molecule has 17 heavy (non-hydrogen) atoms. The zero-order valence-corrected chi connectivity index (χ0v) is 7.91. The van der Waals surface area contributed by atoms with Gasteiger partial charge in [-0.05, 0) is 25.1 Å². The van der Waals surface area contributed by atoms with Crippen molar-refractivity contribution < 1.29 is 35.2 Å². The summed E-state index contributed by atoms with van der Waals surface area (Å²) in [5.41, 5.74) is -4.63. The fraction of sp³-hybridized carbons (Fsp3) is 0.300. The normalized spacial score (nSPS) is 16.0. The van der Waals surface area contributed by atoms with Gasteiger partial charge in [0.05, 0.1) is 11.1 Å². The number of Topliss-reactive ketones (excluding diaryl/α,β-unsaturated/α-hetero) is 1. The van der Waals surface area contributed by atoms with Crippen molar-refractivity contribution in [2.45, 2.75) is 19.2 Å². The van der Waals surface area contributed by atoms with Gasteiger partial charge >= 0.3 is 12.4 Å². The van der Waals surface area contributed by atoms with Crippen LogP contribution in [-0.4, -0.2) is 5.78 Å². The molecule has 0 unspecified atom stereocenters. The van der Waals surface area contributed by atoms with Crippen molar-refractivity contribution in [2.24, 2.45) is 0 Å². The predicted molar refractivity (Wildman–Crippen MR) is 46.5 cm³/mol. The highest BCUT2D eigenvalue weighted by Gasteiger charge is 2.37. The maximum atomic E-state index is 12.5. The molecule has 0 spiro atoms. The predicted octanol–water partition coefficient (Wildman–Crippen LogP) is 3.93. The summed E-state index contributed by atoms with van der Waals surface area (Å²) < 4.78 is 95.1. The second-order valence-corrected chi connectivity index (χ2v) is 3.12. The molecule has 94 valence electrons. The summed E-state index contributed by atoms with van der Waals surface area (Å²) in [5.74, 6) is -1.78. The van der Waals surface area contributed by atoms with Gasteiger partial charge in [-0.15, -0.1) is 0 Å². The number of ketones is 1. The topological polar surface area (TPSA) is 17.1 Å². The average Bonchev–Trinajstić information content (AvgIpc) is 2.23. The van der Waals surface area contributed by atoms with Crippen molar-refractivity contribution in [3.05, 3.63) is 34.9 Å². The molecule has 0 aliphatic rings. The maximum Gasteiger partial charge on any atom is 0.416 e. The van der Waals surface area contributed by atoms with E-state index in [0.717, 1.165) is 0 Å². The standard InChI is InChI=1S/C10H6F6O/c1-5(17)6-2-7(9(11,12)13)4-8(3-6)10(14,15)16/h2-4H,1H3/i1D3. The van der Waals surface area contributed by atoms with Crippen LogP contribution in [0.5, 0.6) is 0 Å². The Balaban J connectivity index is 3.51. The summed E-state index contributed by atoms with van der Waals surface area (Å²) in [6.07, 6.45) is -10.3. The number of hydrogen-bond donors (Lipinski definition) is 0. The first-order valence-electron chi connectivity index (χ1n) is 5.57. The maximum absolute atomic E-state index is 12.5. The molecule has 0 aromatic heterocycles. The van der Waals surface area contributed by atoms with Crippen LogP contribution in [0, 0.1) is 0 Å². The first-order valence-corrected chi connectivity index (χ1v) is 4.07. The van der Waals surface area contributed by atoms with Crippen LogP contribution in [-0.2, 0) is 12.4 Å². The second-order valence-electron chi connectivity index (χ2n) is 3.12. The Morgan fingerprint density at radius 1 is 1.00 bits per heavy atom. The molecule has 0 fully saturated rings. The molecule has 0 aliphatic carbocycles. The fourth-order valence-corrected chi connectivity index (χ4v) is 1.09. The van der Waals surface area contributed by atoms with Crippen LogP contribution in [0.2, 0.25) is 0 Å². The highest BCUT2D eigenvalue weighted by Crippen LogP contribution is 2.36. The minimum absolute atomic E-state index is 0.0872. The number of hydrogen-bond acceptors (Lipinski definition) is 1. The summed E-state index contributed by atoms with van der Waals surface area (Å²) in [4.78, 5) is 11.3. The quantitative estimate of drug-likeness (QED) is 0.551. The van der Waals surface area contributed by atoms with Gasteiger partial charge in [0.2, 0.25) is 0 Å².